The predicted molar refractivity (Wildman–Crippen MR) is 474 cm³/mol. The molecule has 6 aromatic heterocycles. The molecule has 4 saturated heterocycles. The first-order valence-corrected chi connectivity index (χ1v) is 41.7. The average molecular weight is 1600 g/mol. The normalized spacial score (nSPS) is 15.0. The molecule has 3 N–H and O–H groups in total. The number of carbonyl (C=O) groups is 4. The summed E-state index contributed by atoms with van der Waals surface area (Å²) in [4.78, 5) is 80.3. The lowest BCUT2D eigenvalue weighted by molar-refractivity contribution is 0.0586. The number of hydrogen-bond donors (Lipinski definition) is 3. The Morgan fingerprint density at radius 3 is 1.06 bits per heavy atom. The highest BCUT2D eigenvalue weighted by atomic mass is 19.1. The fourth-order valence-corrected chi connectivity index (χ4v) is 17.4. The maximum Gasteiger partial charge on any atom is 0.275 e. The Bertz CT molecular complexity index is 5650. The molecule has 0 atom stereocenters. The van der Waals surface area contributed by atoms with Gasteiger partial charge in [-0.2, -0.15) is 10.2 Å². The summed E-state index contributed by atoms with van der Waals surface area (Å²) in [6.45, 7) is 12.0. The van der Waals surface area contributed by atoms with Crippen molar-refractivity contribution in [3.05, 3.63) is 419 Å². The summed E-state index contributed by atoms with van der Waals surface area (Å²) in [5, 5.41) is 13.4. The topological polar surface area (TPSA) is 185 Å². The van der Waals surface area contributed by atoms with Gasteiger partial charge in [0.05, 0.1) is 46.2 Å². The fourth-order valence-electron chi connectivity index (χ4n) is 17.4. The highest BCUT2D eigenvalue weighted by Crippen LogP contribution is 2.36. The molecule has 20 heteroatoms. The largest absolute Gasteiger partial charge is 0.350 e. The van der Waals surface area contributed by atoms with E-state index in [-0.39, 0.29) is 53.6 Å². The second kappa shape index (κ2) is 37.9. The third kappa shape index (κ3) is 18.6. The van der Waals surface area contributed by atoms with Crippen LogP contribution in [0.2, 0.25) is 0 Å². The second-order valence-electron chi connectivity index (χ2n) is 31.0. The van der Waals surface area contributed by atoms with Gasteiger partial charge in [0.1, 0.15) is 17.2 Å². The standard InChI is InChI=1S/C26H24FN3O.3C25H24N4O/c27-22-12-11-21-17-24(28-23(21)18-22)26(31)30-15-13-29(14-16-30)25(19-7-3-1-4-8-19)20-9-5-2-6-10-20;30-25(23-19-22-13-7-8-14-29(22)26-23)28-17-15-27(16-18-28)24(20-9-3-1-4-10-20)21-11-5-2-6-12-21;30-25(23-21-13-7-8-14-22(21)26-27-23)29-17-15-28(16-18-29)24(19-9-3-1-4-10-19)20-11-5-2-6-12-20;30-25(23-18-22-21(27-23)12-7-13-26-22)29-16-14-28(15-17-29)24(19-8-3-1-4-9-19)20-10-5-2-6-11-20/h1-12,17-18,25,28H,13-16H2;1-14,19,24H,15-18H2;1-14,24H,15-18H2,(H,26,27);1-13,18,24,27H,14-17H2. The van der Waals surface area contributed by atoms with Crippen molar-refractivity contribution < 1.29 is 23.6 Å². The number of amides is 4. The number of rotatable bonds is 16. The van der Waals surface area contributed by atoms with Gasteiger partial charge in [0.15, 0.2) is 11.4 Å². The molecule has 10 heterocycles. The zero-order valence-corrected chi connectivity index (χ0v) is 67.4. The molecule has 0 saturated carbocycles. The first-order valence-electron chi connectivity index (χ1n) is 41.7. The van der Waals surface area contributed by atoms with E-state index in [1.807, 2.05) is 105 Å². The SMILES string of the molecule is O=C(c1cc2ccc(F)cc2[nH]1)N1CCN(C(c2ccccc2)c2ccccc2)CC1.O=C(c1cc2ccccn2n1)N1CCN(C(c2ccccc2)c2ccccc2)CC1.O=C(c1cc2ncccc2[nH]1)N1CCN(C(c2ccccc2)c2ccccc2)CC1.O=C(c1n[nH]c2ccccc12)N1CCN(C(c2ccccc2)c2ccccc2)CC1. The summed E-state index contributed by atoms with van der Waals surface area (Å²) in [6, 6.07) is 113. The lowest BCUT2D eigenvalue weighted by Crippen LogP contribution is -2.50. The molecule has 0 bridgehead atoms. The summed E-state index contributed by atoms with van der Waals surface area (Å²) >= 11 is 0. The van der Waals surface area contributed by atoms with E-state index in [0.29, 0.717) is 80.7 Å². The monoisotopic (exact) mass is 1600 g/mol. The minimum Gasteiger partial charge on any atom is -0.350 e. The lowest BCUT2D eigenvalue weighted by atomic mass is 9.96. The van der Waals surface area contributed by atoms with Crippen LogP contribution in [0.4, 0.5) is 4.39 Å². The summed E-state index contributed by atoms with van der Waals surface area (Å²) in [5.41, 5.74) is 16.6. The van der Waals surface area contributed by atoms with Gasteiger partial charge >= 0.3 is 0 Å². The number of para-hydroxylation sites is 1. The van der Waals surface area contributed by atoms with Crippen molar-refractivity contribution in [3.8, 4) is 0 Å². The van der Waals surface area contributed by atoms with Crippen LogP contribution in [0, 0.1) is 5.82 Å². The van der Waals surface area contributed by atoms with E-state index in [1.54, 1.807) is 22.8 Å². The molecule has 606 valence electrons. The van der Waals surface area contributed by atoms with Crippen LogP contribution in [0.5, 0.6) is 0 Å². The number of benzene rings is 10. The Labute approximate surface area is 703 Å². The van der Waals surface area contributed by atoms with E-state index in [0.717, 1.165) is 85.2 Å². The molecule has 4 fully saturated rings. The average Bonchev–Trinajstić information content (AvgIpc) is 1.74. The quantitative estimate of drug-likeness (QED) is 0.0836. The van der Waals surface area contributed by atoms with Crippen LogP contribution in [-0.2, 0) is 0 Å². The van der Waals surface area contributed by atoms with Gasteiger partial charge in [0.25, 0.3) is 23.6 Å². The molecular formula is C101H96FN15O4. The molecule has 19 nitrogen and oxygen atoms in total. The van der Waals surface area contributed by atoms with Gasteiger partial charge in [0.2, 0.25) is 0 Å². The van der Waals surface area contributed by atoms with Crippen molar-refractivity contribution >= 4 is 62.0 Å². The summed E-state index contributed by atoms with van der Waals surface area (Å²) in [7, 11) is 0. The van der Waals surface area contributed by atoms with Gasteiger partial charge in [-0.05, 0) is 111 Å². The molecule has 4 amide bonds. The number of piperazine rings is 4. The van der Waals surface area contributed by atoms with Crippen molar-refractivity contribution in [2.75, 3.05) is 105 Å². The first kappa shape index (κ1) is 79.7. The number of fused-ring (bicyclic) bond motifs is 4. The van der Waals surface area contributed by atoms with Crippen LogP contribution in [0.25, 0.3) is 38.4 Å². The van der Waals surface area contributed by atoms with Gasteiger partial charge in [-0.1, -0.05) is 267 Å². The number of H-pyrrole nitrogens is 3. The number of hydrogen-bond acceptors (Lipinski definition) is 11. The Balaban J connectivity index is 0.000000115. The third-order valence-corrected chi connectivity index (χ3v) is 23.5. The predicted octanol–water partition coefficient (Wildman–Crippen LogP) is 17.0. The molecule has 0 aliphatic carbocycles. The maximum absolute atomic E-state index is 13.5. The Morgan fingerprint density at radius 2 is 0.661 bits per heavy atom. The van der Waals surface area contributed by atoms with Gasteiger partial charge < -0.3 is 29.6 Å². The number of halogens is 1. The molecular weight excluding hydrogens is 1510 g/mol. The molecule has 4 aliphatic heterocycles. The van der Waals surface area contributed by atoms with Gasteiger partial charge in [-0.25, -0.2) is 8.91 Å². The number of pyridine rings is 2. The highest BCUT2D eigenvalue weighted by Gasteiger charge is 2.35. The van der Waals surface area contributed by atoms with Crippen molar-refractivity contribution in [3.63, 3.8) is 0 Å². The number of aromatic amines is 3. The molecule has 4 aliphatic rings. The van der Waals surface area contributed by atoms with Crippen molar-refractivity contribution in [2.45, 2.75) is 24.2 Å². The van der Waals surface area contributed by atoms with E-state index >= 15 is 0 Å². The number of aromatic nitrogens is 7. The third-order valence-electron chi connectivity index (χ3n) is 23.5. The van der Waals surface area contributed by atoms with Crippen LogP contribution in [0.1, 0.15) is 111 Å². The molecule has 16 aromatic rings. The van der Waals surface area contributed by atoms with E-state index in [2.05, 4.69) is 280 Å². The Kier molecular flexibility index (Phi) is 25.0. The van der Waals surface area contributed by atoms with E-state index in [4.69, 9.17) is 0 Å². The summed E-state index contributed by atoms with van der Waals surface area (Å²) < 4.78 is 15.2. The van der Waals surface area contributed by atoms with Gasteiger partial charge in [-0.3, -0.25) is 48.9 Å². The van der Waals surface area contributed by atoms with Crippen molar-refractivity contribution in [2.24, 2.45) is 0 Å². The van der Waals surface area contributed by atoms with Gasteiger partial charge in [0, 0.05) is 133 Å². The van der Waals surface area contributed by atoms with Crippen LogP contribution in [0.15, 0.2) is 346 Å². The van der Waals surface area contributed by atoms with E-state index in [1.165, 1.54) is 56.6 Å². The van der Waals surface area contributed by atoms with E-state index in [9.17, 15) is 23.6 Å². The van der Waals surface area contributed by atoms with Crippen LogP contribution in [-0.4, -0.2) is 202 Å². The van der Waals surface area contributed by atoms with Crippen LogP contribution < -0.4 is 0 Å². The van der Waals surface area contributed by atoms with Crippen molar-refractivity contribution in [1.82, 2.24) is 74.0 Å². The minimum absolute atomic E-state index is 0.00284. The maximum atomic E-state index is 13.5. The zero-order chi connectivity index (χ0) is 82.2. The molecule has 20 rings (SSSR count). The number of nitrogens with one attached hydrogen (secondary N) is 3. The van der Waals surface area contributed by atoms with Crippen LogP contribution >= 0.6 is 0 Å². The smallest absolute Gasteiger partial charge is 0.275 e. The van der Waals surface area contributed by atoms with Gasteiger partial charge in [-0.15, -0.1) is 0 Å². The minimum atomic E-state index is -0.310. The van der Waals surface area contributed by atoms with Crippen molar-refractivity contribution in [1.29, 1.82) is 0 Å². The molecule has 0 spiro atoms. The summed E-state index contributed by atoms with van der Waals surface area (Å²) in [5.74, 6) is -0.289. The van der Waals surface area contributed by atoms with Crippen LogP contribution in [0.3, 0.4) is 0 Å². The molecule has 0 unspecified atom stereocenters. The second-order valence-corrected chi connectivity index (χ2v) is 31.0. The number of nitrogens with zero attached hydrogens (tertiary/aromatic N) is 12. The first-order chi connectivity index (χ1) is 59.6. The summed E-state index contributed by atoms with van der Waals surface area (Å²) in [6.07, 6.45) is 3.62. The number of carbonyl (C=O) groups excluding carboxylic acids is 4. The zero-order valence-electron chi connectivity index (χ0n) is 67.4. The molecule has 10 aromatic carbocycles. The Hall–Kier alpha value is -13.8. The Morgan fingerprint density at radius 1 is 0.314 bits per heavy atom. The van der Waals surface area contributed by atoms with E-state index < -0.39 is 0 Å². The fraction of sp³-hybridized carbons (Fsp3) is 0.198. The molecule has 0 radical (unpaired) electrons. The highest BCUT2D eigenvalue weighted by molar-refractivity contribution is 6.05. The lowest BCUT2D eigenvalue weighted by Gasteiger charge is -2.39. The molecule has 121 heavy (non-hydrogen) atoms.